The van der Waals surface area contributed by atoms with Gasteiger partial charge in [0, 0.05) is 29.4 Å². The number of hydrogen-bond acceptors (Lipinski definition) is 4. The Kier molecular flexibility index (Phi) is 4.73. The molecule has 3 atom stereocenters. The number of para-hydroxylation sites is 2. The van der Waals surface area contributed by atoms with Crippen LogP contribution in [0.2, 0.25) is 0 Å². The number of benzene rings is 2. The Labute approximate surface area is 159 Å². The van der Waals surface area contributed by atoms with Gasteiger partial charge in [0.05, 0.1) is 12.5 Å². The standard InChI is InChI=1S/C23H24O4/c1-3-14-21(22(14)23(25)26-4-2)18(24)13-17-15-9-5-7-11-19(15)27-20-12-8-6-10-16(17)20/h5-12,14,17,21-22H,3-4,13H2,1-2H3. The minimum atomic E-state index is -0.271. The summed E-state index contributed by atoms with van der Waals surface area (Å²) >= 11 is 0. The summed E-state index contributed by atoms with van der Waals surface area (Å²) in [5.41, 5.74) is 2.07. The van der Waals surface area contributed by atoms with Crippen molar-refractivity contribution in [2.75, 3.05) is 6.61 Å². The first-order valence-corrected chi connectivity index (χ1v) is 9.70. The van der Waals surface area contributed by atoms with Crippen LogP contribution in [-0.2, 0) is 14.3 Å². The molecule has 0 saturated heterocycles. The Morgan fingerprint density at radius 1 is 0.926 bits per heavy atom. The smallest absolute Gasteiger partial charge is 0.309 e. The Morgan fingerprint density at radius 3 is 2.07 bits per heavy atom. The van der Waals surface area contributed by atoms with Gasteiger partial charge in [0.2, 0.25) is 0 Å². The third kappa shape index (κ3) is 3.14. The third-order valence-electron chi connectivity index (χ3n) is 5.78. The van der Waals surface area contributed by atoms with Crippen LogP contribution in [0.3, 0.4) is 0 Å². The van der Waals surface area contributed by atoms with Gasteiger partial charge in [-0.2, -0.15) is 0 Å². The van der Waals surface area contributed by atoms with Gasteiger partial charge in [-0.15, -0.1) is 0 Å². The molecule has 140 valence electrons. The van der Waals surface area contributed by atoms with E-state index in [2.05, 4.69) is 0 Å². The molecule has 3 unspecified atom stereocenters. The summed E-state index contributed by atoms with van der Waals surface area (Å²) < 4.78 is 11.2. The quantitative estimate of drug-likeness (QED) is 0.696. The highest BCUT2D eigenvalue weighted by molar-refractivity contribution is 5.93. The lowest BCUT2D eigenvalue weighted by Crippen LogP contribution is -2.17. The van der Waals surface area contributed by atoms with Gasteiger partial charge in [-0.25, -0.2) is 0 Å². The number of ketones is 1. The van der Waals surface area contributed by atoms with Crippen LogP contribution >= 0.6 is 0 Å². The van der Waals surface area contributed by atoms with Crippen molar-refractivity contribution in [1.82, 2.24) is 0 Å². The number of ether oxygens (including phenoxy) is 2. The first kappa shape index (κ1) is 17.8. The Balaban J connectivity index is 1.59. The zero-order valence-corrected chi connectivity index (χ0v) is 15.7. The zero-order valence-electron chi connectivity index (χ0n) is 15.7. The van der Waals surface area contributed by atoms with E-state index in [1.807, 2.05) is 55.5 Å². The molecule has 4 nitrogen and oxygen atoms in total. The molecular weight excluding hydrogens is 340 g/mol. The van der Waals surface area contributed by atoms with E-state index in [0.29, 0.717) is 13.0 Å². The molecule has 1 heterocycles. The second-order valence-electron chi connectivity index (χ2n) is 7.28. The predicted molar refractivity (Wildman–Crippen MR) is 102 cm³/mol. The van der Waals surface area contributed by atoms with Crippen molar-refractivity contribution in [3.8, 4) is 11.5 Å². The molecule has 2 aliphatic rings. The minimum absolute atomic E-state index is 0.0420. The van der Waals surface area contributed by atoms with E-state index in [1.54, 1.807) is 6.92 Å². The average molecular weight is 364 g/mol. The summed E-state index contributed by atoms with van der Waals surface area (Å²) in [7, 11) is 0. The first-order valence-electron chi connectivity index (χ1n) is 9.70. The third-order valence-corrected chi connectivity index (χ3v) is 5.78. The Morgan fingerprint density at radius 2 is 1.52 bits per heavy atom. The maximum atomic E-state index is 13.1. The summed E-state index contributed by atoms with van der Waals surface area (Å²) in [6, 6.07) is 15.8. The number of carbonyl (C=O) groups excluding carboxylic acids is 2. The normalized spacial score (nSPS) is 23.0. The lowest BCUT2D eigenvalue weighted by molar-refractivity contribution is -0.146. The van der Waals surface area contributed by atoms with Crippen molar-refractivity contribution in [3.63, 3.8) is 0 Å². The van der Waals surface area contributed by atoms with Crippen molar-refractivity contribution in [3.05, 3.63) is 59.7 Å². The van der Waals surface area contributed by atoms with E-state index >= 15 is 0 Å². The largest absolute Gasteiger partial charge is 0.466 e. The molecule has 0 amide bonds. The molecule has 0 N–H and O–H groups in total. The topological polar surface area (TPSA) is 52.6 Å². The van der Waals surface area contributed by atoms with Crippen molar-refractivity contribution in [1.29, 1.82) is 0 Å². The van der Waals surface area contributed by atoms with Gasteiger partial charge in [-0.1, -0.05) is 49.7 Å². The second-order valence-corrected chi connectivity index (χ2v) is 7.28. The molecular formula is C23H24O4. The fourth-order valence-electron chi connectivity index (χ4n) is 4.45. The van der Waals surface area contributed by atoms with Gasteiger partial charge in [-0.05, 0) is 25.0 Å². The molecule has 0 aromatic heterocycles. The molecule has 0 spiro atoms. The van der Waals surface area contributed by atoms with Crippen molar-refractivity contribution >= 4 is 11.8 Å². The number of Topliss-reactive ketones (excluding diaryl/α,β-unsaturated/α-hetero) is 1. The average Bonchev–Trinajstić information content (AvgIpc) is 3.43. The molecule has 1 aliphatic carbocycles. The molecule has 4 rings (SSSR count). The van der Waals surface area contributed by atoms with Gasteiger partial charge in [0.1, 0.15) is 17.3 Å². The summed E-state index contributed by atoms with van der Waals surface area (Å²) in [6.07, 6.45) is 1.20. The summed E-state index contributed by atoms with van der Waals surface area (Å²) in [6.45, 7) is 4.19. The van der Waals surface area contributed by atoms with Crippen molar-refractivity contribution < 1.29 is 19.1 Å². The Hall–Kier alpha value is -2.62. The molecule has 27 heavy (non-hydrogen) atoms. The van der Waals surface area contributed by atoms with Gasteiger partial charge in [0.15, 0.2) is 0 Å². The lowest BCUT2D eigenvalue weighted by Gasteiger charge is -2.27. The molecule has 1 fully saturated rings. The molecule has 1 aliphatic heterocycles. The molecule has 0 radical (unpaired) electrons. The predicted octanol–water partition coefficient (Wildman–Crippen LogP) is 4.72. The molecule has 1 saturated carbocycles. The van der Waals surface area contributed by atoms with Gasteiger partial charge in [-0.3, -0.25) is 9.59 Å². The highest BCUT2D eigenvalue weighted by Gasteiger charge is 2.58. The second kappa shape index (κ2) is 7.18. The Bertz CT molecular complexity index is 827. The fraction of sp³-hybridized carbons (Fsp3) is 0.391. The van der Waals surface area contributed by atoms with Crippen LogP contribution in [-0.4, -0.2) is 18.4 Å². The minimum Gasteiger partial charge on any atom is -0.466 e. The SMILES string of the molecule is CCOC(=O)C1C(CC)C1C(=O)CC1c2ccccc2Oc2ccccc21. The van der Waals surface area contributed by atoms with Crippen LogP contribution in [0, 0.1) is 17.8 Å². The summed E-state index contributed by atoms with van der Waals surface area (Å²) in [5, 5.41) is 0. The van der Waals surface area contributed by atoms with E-state index in [9.17, 15) is 9.59 Å². The summed E-state index contributed by atoms with van der Waals surface area (Å²) in [4.78, 5) is 25.3. The number of rotatable bonds is 6. The maximum absolute atomic E-state index is 13.1. The highest BCUT2D eigenvalue weighted by atomic mass is 16.5. The fourth-order valence-corrected chi connectivity index (χ4v) is 4.45. The molecule has 0 bridgehead atoms. The van der Waals surface area contributed by atoms with Crippen LogP contribution in [0.5, 0.6) is 11.5 Å². The van der Waals surface area contributed by atoms with Crippen molar-refractivity contribution in [2.45, 2.75) is 32.6 Å². The van der Waals surface area contributed by atoms with E-state index in [-0.39, 0.29) is 35.4 Å². The monoisotopic (exact) mass is 364 g/mol. The van der Waals surface area contributed by atoms with Crippen LogP contribution in [0.15, 0.2) is 48.5 Å². The van der Waals surface area contributed by atoms with E-state index in [1.165, 1.54) is 0 Å². The zero-order chi connectivity index (χ0) is 19.0. The number of fused-ring (bicyclic) bond motifs is 2. The van der Waals surface area contributed by atoms with Crippen LogP contribution in [0.25, 0.3) is 0 Å². The van der Waals surface area contributed by atoms with Crippen LogP contribution in [0.1, 0.15) is 43.7 Å². The van der Waals surface area contributed by atoms with E-state index < -0.39 is 0 Å². The maximum Gasteiger partial charge on any atom is 0.309 e. The lowest BCUT2D eigenvalue weighted by atomic mass is 9.83. The van der Waals surface area contributed by atoms with Crippen molar-refractivity contribution in [2.24, 2.45) is 17.8 Å². The highest BCUT2D eigenvalue weighted by Crippen LogP contribution is 2.53. The first-order chi connectivity index (χ1) is 13.2. The van der Waals surface area contributed by atoms with Crippen LogP contribution in [0.4, 0.5) is 0 Å². The van der Waals surface area contributed by atoms with E-state index in [0.717, 1.165) is 29.0 Å². The molecule has 2 aromatic rings. The molecule has 4 heteroatoms. The van der Waals surface area contributed by atoms with Gasteiger partial charge in [0.25, 0.3) is 0 Å². The number of esters is 1. The van der Waals surface area contributed by atoms with Gasteiger partial charge >= 0.3 is 5.97 Å². The number of carbonyl (C=O) groups is 2. The summed E-state index contributed by atoms with van der Waals surface area (Å²) in [5.74, 6) is 1.12. The number of hydrogen-bond donors (Lipinski definition) is 0. The van der Waals surface area contributed by atoms with Gasteiger partial charge < -0.3 is 9.47 Å². The van der Waals surface area contributed by atoms with E-state index in [4.69, 9.17) is 9.47 Å². The molecule has 2 aromatic carbocycles. The van der Waals surface area contributed by atoms with Crippen LogP contribution < -0.4 is 4.74 Å².